The lowest BCUT2D eigenvalue weighted by Gasteiger charge is -2.11. The van der Waals surface area contributed by atoms with Crippen LogP contribution < -0.4 is 4.72 Å². The molecule has 3 rings (SSSR count). The van der Waals surface area contributed by atoms with Gasteiger partial charge in [0.2, 0.25) is 12.2 Å². The molecule has 0 aliphatic carbocycles. The Bertz CT molecular complexity index is 582. The maximum absolute atomic E-state index is 4.88. The van der Waals surface area contributed by atoms with E-state index in [1.807, 2.05) is 0 Å². The van der Waals surface area contributed by atoms with E-state index in [1.165, 1.54) is 16.3 Å². The molecule has 0 amide bonds. The second-order valence-electron chi connectivity index (χ2n) is 4.06. The SMILES string of the molecule is CC(C1=NOSN1)c1ccc2ccccc2c1. The molecule has 0 bridgehead atoms. The first-order valence-electron chi connectivity index (χ1n) is 5.50. The van der Waals surface area contributed by atoms with Crippen LogP contribution in [0.2, 0.25) is 0 Å². The van der Waals surface area contributed by atoms with Gasteiger partial charge in [-0.1, -0.05) is 54.5 Å². The van der Waals surface area contributed by atoms with E-state index in [-0.39, 0.29) is 5.92 Å². The zero-order chi connectivity index (χ0) is 11.7. The van der Waals surface area contributed by atoms with E-state index in [4.69, 9.17) is 4.28 Å². The Balaban J connectivity index is 2.00. The van der Waals surface area contributed by atoms with E-state index in [1.54, 1.807) is 0 Å². The van der Waals surface area contributed by atoms with Gasteiger partial charge in [-0.3, -0.25) is 9.01 Å². The fraction of sp³-hybridized carbons (Fsp3) is 0.154. The number of hydrogen-bond acceptors (Lipinski definition) is 4. The lowest BCUT2D eigenvalue weighted by atomic mass is 9.97. The summed E-state index contributed by atoms with van der Waals surface area (Å²) in [5.74, 6) is 1.08. The van der Waals surface area contributed by atoms with Crippen molar-refractivity contribution in [1.29, 1.82) is 0 Å². The van der Waals surface area contributed by atoms with Gasteiger partial charge >= 0.3 is 0 Å². The number of rotatable bonds is 2. The fourth-order valence-electron chi connectivity index (χ4n) is 1.94. The molecular formula is C13H12N2OS. The zero-order valence-electron chi connectivity index (χ0n) is 9.38. The van der Waals surface area contributed by atoms with E-state index in [0.29, 0.717) is 0 Å². The minimum atomic E-state index is 0.217. The van der Waals surface area contributed by atoms with Crippen molar-refractivity contribution < 1.29 is 4.28 Å². The van der Waals surface area contributed by atoms with Crippen LogP contribution in [-0.4, -0.2) is 5.84 Å². The molecule has 0 saturated carbocycles. The molecule has 1 heterocycles. The van der Waals surface area contributed by atoms with Crippen molar-refractivity contribution in [3.8, 4) is 0 Å². The van der Waals surface area contributed by atoms with Crippen LogP contribution in [0.25, 0.3) is 10.8 Å². The zero-order valence-corrected chi connectivity index (χ0v) is 10.2. The topological polar surface area (TPSA) is 33.6 Å². The Labute approximate surface area is 104 Å². The summed E-state index contributed by atoms with van der Waals surface area (Å²) in [5.41, 5.74) is 1.24. The van der Waals surface area contributed by atoms with Crippen molar-refractivity contribution in [2.75, 3.05) is 0 Å². The summed E-state index contributed by atoms with van der Waals surface area (Å²) in [7, 11) is 0. The molecule has 1 aliphatic heterocycles. The molecule has 86 valence electrons. The molecule has 1 aliphatic rings. The molecule has 0 spiro atoms. The second-order valence-corrected chi connectivity index (χ2v) is 4.58. The molecule has 0 radical (unpaired) electrons. The van der Waals surface area contributed by atoms with Gasteiger partial charge in [0.05, 0.1) is 0 Å². The highest BCUT2D eigenvalue weighted by atomic mass is 32.2. The predicted octanol–water partition coefficient (Wildman–Crippen LogP) is 3.44. The smallest absolute Gasteiger partial charge is 0.208 e. The molecule has 17 heavy (non-hydrogen) atoms. The summed E-state index contributed by atoms with van der Waals surface area (Å²) < 4.78 is 7.93. The van der Waals surface area contributed by atoms with Gasteiger partial charge in [0.15, 0.2) is 5.84 Å². The van der Waals surface area contributed by atoms with Crippen LogP contribution in [0.5, 0.6) is 0 Å². The number of oxime groups is 1. The van der Waals surface area contributed by atoms with Crippen LogP contribution in [0, 0.1) is 0 Å². The Morgan fingerprint density at radius 2 is 2.00 bits per heavy atom. The Morgan fingerprint density at radius 1 is 1.18 bits per heavy atom. The summed E-state index contributed by atoms with van der Waals surface area (Å²) >= 11 is 1.16. The number of benzene rings is 2. The number of nitrogens with one attached hydrogen (secondary N) is 1. The quantitative estimate of drug-likeness (QED) is 0.649. The minimum absolute atomic E-state index is 0.217. The van der Waals surface area contributed by atoms with Gasteiger partial charge < -0.3 is 0 Å². The predicted molar refractivity (Wildman–Crippen MR) is 71.6 cm³/mol. The van der Waals surface area contributed by atoms with Gasteiger partial charge in [0.25, 0.3) is 0 Å². The first-order chi connectivity index (χ1) is 8.34. The van der Waals surface area contributed by atoms with E-state index >= 15 is 0 Å². The molecule has 1 unspecified atom stereocenters. The highest BCUT2D eigenvalue weighted by molar-refractivity contribution is 7.93. The maximum atomic E-state index is 4.88. The van der Waals surface area contributed by atoms with E-state index in [0.717, 1.165) is 18.1 Å². The van der Waals surface area contributed by atoms with Crippen LogP contribution in [0.1, 0.15) is 18.4 Å². The van der Waals surface area contributed by atoms with E-state index in [2.05, 4.69) is 59.3 Å². The Hall–Kier alpha value is -1.68. The van der Waals surface area contributed by atoms with Gasteiger partial charge in [-0.15, -0.1) is 0 Å². The number of fused-ring (bicyclic) bond motifs is 1. The lowest BCUT2D eigenvalue weighted by molar-refractivity contribution is 0.414. The van der Waals surface area contributed by atoms with Crippen molar-refractivity contribution in [2.24, 2.45) is 5.16 Å². The fourth-order valence-corrected chi connectivity index (χ4v) is 2.40. The van der Waals surface area contributed by atoms with E-state index < -0.39 is 0 Å². The third-order valence-corrected chi connectivity index (χ3v) is 3.44. The monoisotopic (exact) mass is 244 g/mol. The molecule has 0 saturated heterocycles. The Morgan fingerprint density at radius 3 is 2.76 bits per heavy atom. The summed E-state index contributed by atoms with van der Waals surface area (Å²) in [6.07, 6.45) is 0. The summed E-state index contributed by atoms with van der Waals surface area (Å²) in [6.45, 7) is 2.12. The van der Waals surface area contributed by atoms with Gasteiger partial charge in [0, 0.05) is 5.92 Å². The Kier molecular flexibility index (Phi) is 2.65. The molecule has 0 aromatic heterocycles. The van der Waals surface area contributed by atoms with Crippen LogP contribution in [0.15, 0.2) is 47.6 Å². The highest BCUT2D eigenvalue weighted by Gasteiger charge is 2.18. The van der Waals surface area contributed by atoms with Crippen molar-refractivity contribution in [3.05, 3.63) is 48.0 Å². The largest absolute Gasteiger partial charge is 0.297 e. The molecule has 3 nitrogen and oxygen atoms in total. The van der Waals surface area contributed by atoms with Crippen LogP contribution in [0.4, 0.5) is 0 Å². The number of amidine groups is 1. The van der Waals surface area contributed by atoms with Crippen LogP contribution in [-0.2, 0) is 4.28 Å². The maximum Gasteiger partial charge on any atom is 0.208 e. The van der Waals surface area contributed by atoms with Crippen LogP contribution >= 0.6 is 12.2 Å². The van der Waals surface area contributed by atoms with Gasteiger partial charge in [-0.25, -0.2) is 0 Å². The molecule has 1 atom stereocenters. The van der Waals surface area contributed by atoms with Crippen molar-refractivity contribution in [2.45, 2.75) is 12.8 Å². The van der Waals surface area contributed by atoms with Crippen molar-refractivity contribution in [3.63, 3.8) is 0 Å². The minimum Gasteiger partial charge on any atom is -0.297 e. The standard InChI is InChI=1S/C13H12N2OS/c1-9(13-14-16-17-15-13)11-7-6-10-4-2-3-5-12(10)8-11/h2-9H,1H3,(H,14,15). The third-order valence-electron chi connectivity index (χ3n) is 3.00. The van der Waals surface area contributed by atoms with Crippen molar-refractivity contribution in [1.82, 2.24) is 4.72 Å². The third kappa shape index (κ3) is 1.96. The van der Waals surface area contributed by atoms with Gasteiger partial charge in [0.1, 0.15) is 0 Å². The van der Waals surface area contributed by atoms with Crippen LogP contribution in [0.3, 0.4) is 0 Å². The molecule has 2 aromatic carbocycles. The molecule has 2 aromatic rings. The normalized spacial score (nSPS) is 16.2. The molecule has 4 heteroatoms. The summed E-state index contributed by atoms with van der Waals surface area (Å²) in [5, 5.41) is 6.47. The molecular weight excluding hydrogens is 232 g/mol. The summed E-state index contributed by atoms with van der Waals surface area (Å²) in [6, 6.07) is 14.8. The van der Waals surface area contributed by atoms with Gasteiger partial charge in [-0.05, 0) is 16.3 Å². The second kappa shape index (κ2) is 4.30. The molecule has 0 fully saturated rings. The average Bonchev–Trinajstić information content (AvgIpc) is 2.91. The lowest BCUT2D eigenvalue weighted by Crippen LogP contribution is -2.18. The van der Waals surface area contributed by atoms with Crippen molar-refractivity contribution >= 4 is 28.8 Å². The highest BCUT2D eigenvalue weighted by Crippen LogP contribution is 2.24. The number of hydrogen-bond donors (Lipinski definition) is 1. The van der Waals surface area contributed by atoms with Gasteiger partial charge in [-0.2, -0.15) is 0 Å². The number of nitrogens with zero attached hydrogens (tertiary/aromatic N) is 1. The van der Waals surface area contributed by atoms with E-state index in [9.17, 15) is 0 Å². The molecule has 1 N–H and O–H groups in total. The summed E-state index contributed by atoms with van der Waals surface area (Å²) in [4.78, 5) is 0. The first-order valence-corrected chi connectivity index (χ1v) is 6.24. The average molecular weight is 244 g/mol. The first kappa shape index (κ1) is 10.5.